The molecule has 0 fully saturated rings. The fraction of sp³-hybridized carbons (Fsp3) is 0.235. The Balaban J connectivity index is 2.15. The summed E-state index contributed by atoms with van der Waals surface area (Å²) in [4.78, 5) is 12.5. The maximum absolute atomic E-state index is 11.5. The quantitative estimate of drug-likeness (QED) is 0.841. The van der Waals surface area contributed by atoms with E-state index < -0.39 is 11.2 Å². The van der Waals surface area contributed by atoms with E-state index in [0.717, 1.165) is 16.0 Å². The Morgan fingerprint density at radius 1 is 1.15 bits per heavy atom. The number of hydrogen-bond acceptors (Lipinski definition) is 2. The van der Waals surface area contributed by atoms with Crippen molar-refractivity contribution in [2.45, 2.75) is 30.4 Å². The van der Waals surface area contributed by atoms with Crippen LogP contribution in [-0.4, -0.2) is 16.3 Å². The molecule has 2 nitrogen and oxygen atoms in total. The first-order valence-electron chi connectivity index (χ1n) is 6.57. The number of thioether (sulfide) groups is 1. The largest absolute Gasteiger partial charge is 0.480 e. The summed E-state index contributed by atoms with van der Waals surface area (Å²) in [5.74, 6) is -0.765. The first kappa shape index (κ1) is 14.7. The minimum atomic E-state index is -0.765. The SMILES string of the molecule is Cc1ccc(C[C@@H](Sc2ccccc2)C(=O)O)c(C)c1. The molecule has 1 atom stereocenters. The fourth-order valence-electron chi connectivity index (χ4n) is 2.12. The van der Waals surface area contributed by atoms with Gasteiger partial charge in [-0.25, -0.2) is 0 Å². The third-order valence-electron chi connectivity index (χ3n) is 3.20. The molecule has 0 aliphatic rings. The van der Waals surface area contributed by atoms with Gasteiger partial charge in [0.15, 0.2) is 0 Å². The summed E-state index contributed by atoms with van der Waals surface area (Å²) in [6, 6.07) is 15.9. The Bertz CT molecular complexity index is 593. The molecule has 104 valence electrons. The molecular formula is C17H18O2S. The van der Waals surface area contributed by atoms with Crippen molar-refractivity contribution in [1.82, 2.24) is 0 Å². The summed E-state index contributed by atoms with van der Waals surface area (Å²) in [5.41, 5.74) is 3.46. The molecular weight excluding hydrogens is 268 g/mol. The van der Waals surface area contributed by atoms with Crippen molar-refractivity contribution in [3.63, 3.8) is 0 Å². The van der Waals surface area contributed by atoms with Crippen LogP contribution in [-0.2, 0) is 11.2 Å². The summed E-state index contributed by atoms with van der Waals surface area (Å²) in [7, 11) is 0. The average Bonchev–Trinajstić information content (AvgIpc) is 2.42. The second-order valence-electron chi connectivity index (χ2n) is 4.89. The van der Waals surface area contributed by atoms with Gasteiger partial charge in [0.25, 0.3) is 0 Å². The number of carboxylic acid groups (broad SMARTS) is 1. The van der Waals surface area contributed by atoms with Crippen molar-refractivity contribution < 1.29 is 9.90 Å². The first-order valence-corrected chi connectivity index (χ1v) is 7.45. The molecule has 0 unspecified atom stereocenters. The normalized spacial score (nSPS) is 12.1. The monoisotopic (exact) mass is 286 g/mol. The molecule has 0 spiro atoms. The molecule has 0 heterocycles. The van der Waals surface area contributed by atoms with Gasteiger partial charge in [-0.3, -0.25) is 4.79 Å². The highest BCUT2D eigenvalue weighted by Crippen LogP contribution is 2.27. The highest BCUT2D eigenvalue weighted by Gasteiger charge is 2.20. The highest BCUT2D eigenvalue weighted by atomic mass is 32.2. The van der Waals surface area contributed by atoms with Crippen molar-refractivity contribution in [3.8, 4) is 0 Å². The van der Waals surface area contributed by atoms with Crippen LogP contribution in [0.1, 0.15) is 16.7 Å². The molecule has 0 radical (unpaired) electrons. The molecule has 0 saturated carbocycles. The van der Waals surface area contributed by atoms with Crippen LogP contribution < -0.4 is 0 Å². The molecule has 0 saturated heterocycles. The molecule has 1 N–H and O–H groups in total. The smallest absolute Gasteiger partial charge is 0.317 e. The van der Waals surface area contributed by atoms with Gasteiger partial charge in [-0.1, -0.05) is 42.0 Å². The molecule has 0 aliphatic carbocycles. The van der Waals surface area contributed by atoms with Crippen LogP contribution in [0.15, 0.2) is 53.4 Å². The van der Waals surface area contributed by atoms with Gasteiger partial charge >= 0.3 is 5.97 Å². The lowest BCUT2D eigenvalue weighted by atomic mass is 10.0. The lowest BCUT2D eigenvalue weighted by molar-refractivity contribution is -0.136. The number of aryl methyl sites for hydroxylation is 2. The van der Waals surface area contributed by atoms with E-state index in [2.05, 4.69) is 6.07 Å². The zero-order valence-electron chi connectivity index (χ0n) is 11.7. The molecule has 2 aromatic rings. The predicted octanol–water partition coefficient (Wildman–Crippen LogP) is 4.09. The summed E-state index contributed by atoms with van der Waals surface area (Å²) in [6.07, 6.45) is 0.543. The molecule has 2 aromatic carbocycles. The van der Waals surface area contributed by atoms with Crippen LogP contribution in [0.25, 0.3) is 0 Å². The predicted molar refractivity (Wildman–Crippen MR) is 83.3 cm³/mol. The van der Waals surface area contributed by atoms with E-state index in [-0.39, 0.29) is 0 Å². The molecule has 2 rings (SSSR count). The van der Waals surface area contributed by atoms with Crippen molar-refractivity contribution >= 4 is 17.7 Å². The molecule has 0 aliphatic heterocycles. The minimum Gasteiger partial charge on any atom is -0.480 e. The second-order valence-corrected chi connectivity index (χ2v) is 6.17. The number of benzene rings is 2. The fourth-order valence-corrected chi connectivity index (χ4v) is 3.12. The van der Waals surface area contributed by atoms with Gasteiger partial charge in [-0.2, -0.15) is 0 Å². The molecule has 0 aromatic heterocycles. The van der Waals surface area contributed by atoms with E-state index in [0.29, 0.717) is 6.42 Å². The molecule has 0 bridgehead atoms. The van der Waals surface area contributed by atoms with Crippen molar-refractivity contribution in [1.29, 1.82) is 0 Å². The third kappa shape index (κ3) is 3.87. The Hall–Kier alpha value is -1.74. The topological polar surface area (TPSA) is 37.3 Å². The number of hydrogen-bond donors (Lipinski definition) is 1. The van der Waals surface area contributed by atoms with E-state index in [1.54, 1.807) is 0 Å². The van der Waals surface area contributed by atoms with Gasteiger partial charge in [-0.15, -0.1) is 11.8 Å². The number of carbonyl (C=O) groups is 1. The third-order valence-corrected chi connectivity index (χ3v) is 4.40. The maximum atomic E-state index is 11.5. The average molecular weight is 286 g/mol. The summed E-state index contributed by atoms with van der Waals surface area (Å²) in [6.45, 7) is 4.08. The lowest BCUT2D eigenvalue weighted by Crippen LogP contribution is -2.19. The zero-order valence-corrected chi connectivity index (χ0v) is 12.5. The Kier molecular flexibility index (Phi) is 4.85. The van der Waals surface area contributed by atoms with Gasteiger partial charge < -0.3 is 5.11 Å². The van der Waals surface area contributed by atoms with Crippen molar-refractivity contribution in [2.75, 3.05) is 0 Å². The summed E-state index contributed by atoms with van der Waals surface area (Å²) < 4.78 is 0. The van der Waals surface area contributed by atoms with E-state index >= 15 is 0 Å². The minimum absolute atomic E-state index is 0.459. The van der Waals surface area contributed by atoms with Crippen LogP contribution in [0.2, 0.25) is 0 Å². The number of rotatable bonds is 5. The zero-order chi connectivity index (χ0) is 14.5. The van der Waals surface area contributed by atoms with E-state index in [9.17, 15) is 9.90 Å². The standard InChI is InChI=1S/C17H18O2S/c1-12-8-9-14(13(2)10-12)11-16(17(18)19)20-15-6-4-3-5-7-15/h3-10,16H,11H2,1-2H3,(H,18,19)/t16-/m1/s1. The van der Waals surface area contributed by atoms with Gasteiger partial charge in [0.1, 0.15) is 5.25 Å². The summed E-state index contributed by atoms with van der Waals surface area (Å²) >= 11 is 1.41. The Morgan fingerprint density at radius 3 is 2.45 bits per heavy atom. The van der Waals surface area contributed by atoms with Gasteiger partial charge in [0.05, 0.1) is 0 Å². The van der Waals surface area contributed by atoms with E-state index in [4.69, 9.17) is 0 Å². The first-order chi connectivity index (χ1) is 9.56. The number of aliphatic carboxylic acids is 1. The lowest BCUT2D eigenvalue weighted by Gasteiger charge is -2.14. The highest BCUT2D eigenvalue weighted by molar-refractivity contribution is 8.00. The molecule has 20 heavy (non-hydrogen) atoms. The van der Waals surface area contributed by atoms with Gasteiger partial charge in [0, 0.05) is 4.90 Å². The van der Waals surface area contributed by atoms with Crippen LogP contribution in [0.5, 0.6) is 0 Å². The van der Waals surface area contributed by atoms with Crippen LogP contribution in [0, 0.1) is 13.8 Å². The van der Waals surface area contributed by atoms with Crippen molar-refractivity contribution in [2.24, 2.45) is 0 Å². The van der Waals surface area contributed by atoms with Crippen LogP contribution >= 0.6 is 11.8 Å². The summed E-state index contributed by atoms with van der Waals surface area (Å²) in [5, 5.41) is 8.96. The molecule has 0 amide bonds. The maximum Gasteiger partial charge on any atom is 0.317 e. The van der Waals surface area contributed by atoms with Crippen molar-refractivity contribution in [3.05, 3.63) is 65.2 Å². The Morgan fingerprint density at radius 2 is 1.85 bits per heavy atom. The van der Waals surface area contributed by atoms with Gasteiger partial charge in [0.2, 0.25) is 0 Å². The number of carboxylic acids is 1. The second kappa shape index (κ2) is 6.62. The molecule has 3 heteroatoms. The van der Waals surface area contributed by atoms with Gasteiger partial charge in [-0.05, 0) is 43.5 Å². The van der Waals surface area contributed by atoms with E-state index in [1.165, 1.54) is 17.3 Å². The van der Waals surface area contributed by atoms with Crippen LogP contribution in [0.3, 0.4) is 0 Å². The Labute approximate surface area is 123 Å². The van der Waals surface area contributed by atoms with E-state index in [1.807, 2.05) is 56.3 Å². The van der Waals surface area contributed by atoms with Crippen LogP contribution in [0.4, 0.5) is 0 Å².